The monoisotopic (exact) mass is 459 g/mol. The van der Waals surface area contributed by atoms with Crippen molar-refractivity contribution in [1.29, 1.82) is 0 Å². The fourth-order valence-electron chi connectivity index (χ4n) is 2.74. The van der Waals surface area contributed by atoms with Gasteiger partial charge in [0.05, 0.1) is 27.0 Å². The van der Waals surface area contributed by atoms with Gasteiger partial charge in [-0.2, -0.15) is 0 Å². The second kappa shape index (κ2) is 9.17. The molecule has 0 atom stereocenters. The lowest BCUT2D eigenvalue weighted by Gasteiger charge is -2.02. The lowest BCUT2D eigenvalue weighted by atomic mass is 10.2. The van der Waals surface area contributed by atoms with E-state index in [4.69, 9.17) is 11.6 Å². The van der Waals surface area contributed by atoms with Crippen molar-refractivity contribution < 1.29 is 4.79 Å². The van der Waals surface area contributed by atoms with Crippen LogP contribution in [0.4, 0.5) is 0 Å². The van der Waals surface area contributed by atoms with Crippen molar-refractivity contribution in [2.45, 2.75) is 19.8 Å². The molecule has 0 saturated carbocycles. The number of carbonyl (C=O) groups is 1. The Morgan fingerprint density at radius 1 is 1.00 bits per heavy atom. The van der Waals surface area contributed by atoms with Crippen LogP contribution < -0.4 is 5.32 Å². The summed E-state index contributed by atoms with van der Waals surface area (Å²) in [6, 6.07) is 12.2. The van der Waals surface area contributed by atoms with Crippen molar-refractivity contribution >= 4 is 51.5 Å². The summed E-state index contributed by atoms with van der Waals surface area (Å²) in [7, 11) is 0. The molecule has 0 aliphatic carbocycles. The Bertz CT molecular complexity index is 1110. The maximum absolute atomic E-state index is 12.2. The number of benzene rings is 1. The summed E-state index contributed by atoms with van der Waals surface area (Å²) in [6.45, 7) is 2.64. The van der Waals surface area contributed by atoms with Gasteiger partial charge in [0, 0.05) is 29.3 Å². The van der Waals surface area contributed by atoms with Gasteiger partial charge < -0.3 is 5.32 Å². The van der Waals surface area contributed by atoms with Gasteiger partial charge in [0.1, 0.15) is 10.0 Å². The first-order valence-corrected chi connectivity index (χ1v) is 12.0. The molecule has 1 amide bonds. The molecule has 1 aromatic carbocycles. The number of hydrogen-bond donors (Lipinski definition) is 1. The number of hydrogen-bond acceptors (Lipinski definition) is 6. The first kappa shape index (κ1) is 20.2. The second-order valence-electron chi connectivity index (χ2n) is 6.53. The smallest absolute Gasteiger partial charge is 0.226 e. The van der Waals surface area contributed by atoms with Crippen LogP contribution in [0.25, 0.3) is 20.5 Å². The molecular formula is C21H18ClN3OS3. The van der Waals surface area contributed by atoms with Crippen molar-refractivity contribution in [1.82, 2.24) is 15.3 Å². The molecule has 4 rings (SSSR count). The number of amides is 1. The highest BCUT2D eigenvalue weighted by Crippen LogP contribution is 2.33. The van der Waals surface area contributed by atoms with E-state index in [-0.39, 0.29) is 12.3 Å². The lowest BCUT2D eigenvalue weighted by Crippen LogP contribution is -2.27. The number of aryl methyl sites for hydroxylation is 1. The third-order valence-electron chi connectivity index (χ3n) is 4.23. The van der Waals surface area contributed by atoms with Crippen molar-refractivity contribution in [2.75, 3.05) is 6.54 Å². The molecule has 4 aromatic rings. The fourth-order valence-corrected chi connectivity index (χ4v) is 5.53. The summed E-state index contributed by atoms with van der Waals surface area (Å²) in [6.07, 6.45) is 0.991. The van der Waals surface area contributed by atoms with E-state index in [0.29, 0.717) is 13.0 Å². The van der Waals surface area contributed by atoms with Crippen LogP contribution in [0.3, 0.4) is 0 Å². The van der Waals surface area contributed by atoms with Gasteiger partial charge in [-0.1, -0.05) is 41.4 Å². The highest BCUT2D eigenvalue weighted by molar-refractivity contribution is 7.23. The molecule has 1 N–H and O–H groups in total. The quantitative estimate of drug-likeness (QED) is 0.376. The van der Waals surface area contributed by atoms with E-state index < -0.39 is 0 Å². The normalized spacial score (nSPS) is 11.0. The molecule has 0 radical (unpaired) electrons. The molecule has 29 heavy (non-hydrogen) atoms. The Hall–Kier alpha value is -2.06. The van der Waals surface area contributed by atoms with Gasteiger partial charge >= 0.3 is 0 Å². The molecule has 8 heteroatoms. The topological polar surface area (TPSA) is 54.9 Å². The predicted molar refractivity (Wildman–Crippen MR) is 123 cm³/mol. The Morgan fingerprint density at radius 3 is 2.48 bits per heavy atom. The van der Waals surface area contributed by atoms with Gasteiger partial charge in [0.2, 0.25) is 5.91 Å². The zero-order valence-corrected chi connectivity index (χ0v) is 18.9. The van der Waals surface area contributed by atoms with Gasteiger partial charge in [-0.05, 0) is 19.1 Å². The van der Waals surface area contributed by atoms with Crippen LogP contribution >= 0.6 is 45.6 Å². The number of rotatable bonds is 7. The standard InChI is InChI=1S/C21H18ClN3OS3/c1-13-2-4-14(5-3-13)20-24-15(11-27-20)8-9-23-19(26)10-16-12-28-21(25-16)17-6-7-18(22)29-17/h2-7,11-12H,8-10H2,1H3,(H,23,26). The maximum Gasteiger partial charge on any atom is 0.226 e. The van der Waals surface area contributed by atoms with E-state index in [9.17, 15) is 4.79 Å². The molecule has 0 spiro atoms. The van der Waals surface area contributed by atoms with Gasteiger partial charge in [0.25, 0.3) is 0 Å². The predicted octanol–water partition coefficient (Wildman–Crippen LogP) is 5.86. The summed E-state index contributed by atoms with van der Waals surface area (Å²) >= 11 is 10.6. The number of carbonyl (C=O) groups excluding carboxylic acids is 1. The Balaban J connectivity index is 1.26. The number of nitrogens with zero attached hydrogens (tertiary/aromatic N) is 2. The van der Waals surface area contributed by atoms with Crippen molar-refractivity contribution in [3.63, 3.8) is 0 Å². The molecule has 0 saturated heterocycles. The van der Waals surface area contributed by atoms with E-state index in [0.717, 1.165) is 36.2 Å². The van der Waals surface area contributed by atoms with Gasteiger partial charge in [0.15, 0.2) is 0 Å². The van der Waals surface area contributed by atoms with E-state index in [1.807, 2.05) is 17.5 Å². The molecule has 0 unspecified atom stereocenters. The Labute approximate surface area is 186 Å². The van der Waals surface area contributed by atoms with E-state index >= 15 is 0 Å². The van der Waals surface area contributed by atoms with E-state index in [2.05, 4.69) is 51.9 Å². The first-order chi connectivity index (χ1) is 14.1. The van der Waals surface area contributed by atoms with Gasteiger partial charge in [-0.3, -0.25) is 4.79 Å². The summed E-state index contributed by atoms with van der Waals surface area (Å²) in [5.74, 6) is -0.0277. The Morgan fingerprint density at radius 2 is 1.72 bits per heavy atom. The highest BCUT2D eigenvalue weighted by atomic mass is 35.5. The molecule has 0 fully saturated rings. The summed E-state index contributed by atoms with van der Waals surface area (Å²) in [5.41, 5.74) is 4.14. The van der Waals surface area contributed by atoms with Crippen molar-refractivity contribution in [3.05, 3.63) is 68.4 Å². The molecule has 3 aromatic heterocycles. The zero-order chi connectivity index (χ0) is 20.2. The molecular weight excluding hydrogens is 442 g/mol. The van der Waals surface area contributed by atoms with Crippen LogP contribution in [-0.2, 0) is 17.6 Å². The van der Waals surface area contributed by atoms with Gasteiger partial charge in [-0.25, -0.2) is 9.97 Å². The average molecular weight is 460 g/mol. The van der Waals surface area contributed by atoms with E-state index in [1.165, 1.54) is 28.2 Å². The summed E-state index contributed by atoms with van der Waals surface area (Å²) in [5, 5.41) is 8.85. The van der Waals surface area contributed by atoms with Crippen LogP contribution in [-0.4, -0.2) is 22.4 Å². The number of halogens is 1. The Kier molecular flexibility index (Phi) is 6.40. The minimum atomic E-state index is -0.0277. The van der Waals surface area contributed by atoms with Crippen LogP contribution in [0.5, 0.6) is 0 Å². The third-order valence-corrected chi connectivity index (χ3v) is 7.46. The summed E-state index contributed by atoms with van der Waals surface area (Å²) < 4.78 is 0.738. The SMILES string of the molecule is Cc1ccc(-c2nc(CCNC(=O)Cc3csc(-c4ccc(Cl)s4)n3)cs2)cc1. The van der Waals surface area contributed by atoms with Crippen LogP contribution in [0.1, 0.15) is 17.0 Å². The number of thiazole rings is 2. The van der Waals surface area contributed by atoms with E-state index in [1.54, 1.807) is 11.3 Å². The lowest BCUT2D eigenvalue weighted by molar-refractivity contribution is -0.120. The average Bonchev–Trinajstić information content (AvgIpc) is 3.44. The molecule has 148 valence electrons. The van der Waals surface area contributed by atoms with Crippen LogP contribution in [0.15, 0.2) is 47.2 Å². The minimum absolute atomic E-state index is 0.0277. The minimum Gasteiger partial charge on any atom is -0.355 e. The van der Waals surface area contributed by atoms with Gasteiger partial charge in [-0.15, -0.1) is 34.0 Å². The number of aromatic nitrogens is 2. The molecule has 3 heterocycles. The second-order valence-corrected chi connectivity index (χ2v) is 9.97. The van der Waals surface area contributed by atoms with Crippen molar-refractivity contribution in [2.24, 2.45) is 0 Å². The van der Waals surface area contributed by atoms with Crippen LogP contribution in [0, 0.1) is 6.92 Å². The molecule has 0 aliphatic rings. The van der Waals surface area contributed by atoms with Crippen LogP contribution in [0.2, 0.25) is 4.34 Å². The third kappa shape index (κ3) is 5.30. The summed E-state index contributed by atoms with van der Waals surface area (Å²) in [4.78, 5) is 22.5. The molecule has 0 aliphatic heterocycles. The maximum atomic E-state index is 12.2. The number of nitrogens with one attached hydrogen (secondary N) is 1. The molecule has 0 bridgehead atoms. The van der Waals surface area contributed by atoms with Crippen molar-refractivity contribution in [3.8, 4) is 20.5 Å². The molecule has 4 nitrogen and oxygen atoms in total. The number of thiophene rings is 1. The zero-order valence-electron chi connectivity index (χ0n) is 15.6. The largest absolute Gasteiger partial charge is 0.355 e. The fraction of sp³-hybridized carbons (Fsp3) is 0.190. The highest BCUT2D eigenvalue weighted by Gasteiger charge is 2.11. The first-order valence-electron chi connectivity index (χ1n) is 9.05.